The quantitative estimate of drug-likeness (QED) is 0.775. The van der Waals surface area contributed by atoms with Crippen molar-refractivity contribution in [3.05, 3.63) is 35.4 Å². The van der Waals surface area contributed by atoms with E-state index in [0.717, 1.165) is 5.56 Å². The molecule has 0 aliphatic carbocycles. The van der Waals surface area contributed by atoms with Crippen LogP contribution >= 0.6 is 11.8 Å². The first-order chi connectivity index (χ1) is 8.80. The average molecular weight is 276 g/mol. The van der Waals surface area contributed by atoms with Crippen LogP contribution in [0.5, 0.6) is 0 Å². The summed E-state index contributed by atoms with van der Waals surface area (Å²) < 4.78 is 0. The third-order valence-corrected chi connectivity index (χ3v) is 4.97. The number of Topliss-reactive ketones (excluding diaryl/α,β-unsaturated/α-hetero) is 2. The number of hydrogen-bond acceptors (Lipinski definition) is 3. The summed E-state index contributed by atoms with van der Waals surface area (Å²) in [7, 11) is 0. The first-order valence-electron chi connectivity index (χ1n) is 6.57. The van der Waals surface area contributed by atoms with Gasteiger partial charge in [0.05, 0.1) is 11.2 Å². The SMILES string of the molecule is CC(=O)C1CSC(c2ccc(C(C)(C)C)cc2)C1=O. The lowest BCUT2D eigenvalue weighted by atomic mass is 9.86. The summed E-state index contributed by atoms with van der Waals surface area (Å²) in [6.45, 7) is 8.02. The molecule has 1 aliphatic heterocycles. The molecule has 2 nitrogen and oxygen atoms in total. The number of ketones is 2. The van der Waals surface area contributed by atoms with Crippen LogP contribution in [0.3, 0.4) is 0 Å². The van der Waals surface area contributed by atoms with Crippen molar-refractivity contribution in [1.29, 1.82) is 0 Å². The predicted octanol–water partition coefficient (Wildman–Crippen LogP) is 3.55. The van der Waals surface area contributed by atoms with Crippen LogP contribution < -0.4 is 0 Å². The molecule has 0 spiro atoms. The Balaban J connectivity index is 2.20. The molecule has 2 rings (SSSR count). The molecule has 0 saturated carbocycles. The van der Waals surface area contributed by atoms with Gasteiger partial charge in [-0.2, -0.15) is 0 Å². The van der Waals surface area contributed by atoms with Crippen molar-refractivity contribution in [2.45, 2.75) is 38.4 Å². The fourth-order valence-electron chi connectivity index (χ4n) is 2.28. The van der Waals surface area contributed by atoms with Crippen molar-refractivity contribution in [3.8, 4) is 0 Å². The van der Waals surface area contributed by atoms with Gasteiger partial charge in [0.1, 0.15) is 5.78 Å². The Morgan fingerprint density at radius 3 is 2.21 bits per heavy atom. The Morgan fingerprint density at radius 1 is 1.21 bits per heavy atom. The van der Waals surface area contributed by atoms with Gasteiger partial charge in [0.25, 0.3) is 0 Å². The van der Waals surface area contributed by atoms with E-state index in [2.05, 4.69) is 32.9 Å². The van der Waals surface area contributed by atoms with Gasteiger partial charge in [-0.05, 0) is 23.5 Å². The summed E-state index contributed by atoms with van der Waals surface area (Å²) in [4.78, 5) is 23.6. The number of hydrogen-bond donors (Lipinski definition) is 0. The lowest BCUT2D eigenvalue weighted by Crippen LogP contribution is -2.20. The molecule has 1 aliphatic rings. The van der Waals surface area contributed by atoms with Crippen molar-refractivity contribution in [2.24, 2.45) is 5.92 Å². The third-order valence-electron chi connectivity index (χ3n) is 3.60. The van der Waals surface area contributed by atoms with Gasteiger partial charge in [-0.25, -0.2) is 0 Å². The molecule has 0 N–H and O–H groups in total. The highest BCUT2D eigenvalue weighted by Crippen LogP contribution is 2.41. The van der Waals surface area contributed by atoms with Crippen LogP contribution in [0, 0.1) is 5.92 Å². The molecule has 2 atom stereocenters. The molecule has 1 fully saturated rings. The summed E-state index contributed by atoms with van der Waals surface area (Å²) >= 11 is 1.58. The average Bonchev–Trinajstić information content (AvgIpc) is 2.70. The zero-order valence-electron chi connectivity index (χ0n) is 11.9. The fraction of sp³-hybridized carbons (Fsp3) is 0.500. The molecular formula is C16H20O2S. The summed E-state index contributed by atoms with van der Waals surface area (Å²) in [5, 5.41) is -0.164. The molecule has 0 bridgehead atoms. The van der Waals surface area contributed by atoms with E-state index in [1.807, 2.05) is 12.1 Å². The second-order valence-electron chi connectivity index (χ2n) is 6.15. The van der Waals surface area contributed by atoms with Gasteiger partial charge >= 0.3 is 0 Å². The molecule has 0 radical (unpaired) electrons. The van der Waals surface area contributed by atoms with Crippen molar-refractivity contribution < 1.29 is 9.59 Å². The standard InChI is InChI=1S/C16H20O2S/c1-10(17)13-9-19-15(14(13)18)11-5-7-12(8-6-11)16(2,3)4/h5-8,13,15H,9H2,1-4H3. The summed E-state index contributed by atoms with van der Waals surface area (Å²) in [6.07, 6.45) is 0. The number of thioether (sulfide) groups is 1. The topological polar surface area (TPSA) is 34.1 Å². The van der Waals surface area contributed by atoms with E-state index in [1.54, 1.807) is 11.8 Å². The van der Waals surface area contributed by atoms with E-state index < -0.39 is 5.92 Å². The molecule has 0 aromatic heterocycles. The molecule has 1 aromatic carbocycles. The largest absolute Gasteiger partial charge is 0.299 e. The lowest BCUT2D eigenvalue weighted by molar-refractivity contribution is -0.129. The second-order valence-corrected chi connectivity index (χ2v) is 7.29. The summed E-state index contributed by atoms with van der Waals surface area (Å²) in [5.41, 5.74) is 2.40. The Bertz CT molecular complexity index is 496. The van der Waals surface area contributed by atoms with Gasteiger partial charge in [-0.15, -0.1) is 11.8 Å². The highest BCUT2D eigenvalue weighted by atomic mass is 32.2. The van der Waals surface area contributed by atoms with Crippen molar-refractivity contribution in [2.75, 3.05) is 5.75 Å². The molecule has 1 heterocycles. The minimum absolute atomic E-state index is 0.00804. The number of carbonyl (C=O) groups excluding carboxylic acids is 2. The predicted molar refractivity (Wildman–Crippen MR) is 79.5 cm³/mol. The Labute approximate surface area is 119 Å². The highest BCUT2D eigenvalue weighted by Gasteiger charge is 2.38. The molecular weight excluding hydrogens is 256 g/mol. The zero-order chi connectivity index (χ0) is 14.2. The summed E-state index contributed by atoms with van der Waals surface area (Å²) in [6, 6.07) is 8.23. The van der Waals surface area contributed by atoms with Crippen LogP contribution in [-0.2, 0) is 15.0 Å². The number of benzene rings is 1. The maximum Gasteiger partial charge on any atom is 0.161 e. The van der Waals surface area contributed by atoms with Gasteiger partial charge in [-0.3, -0.25) is 9.59 Å². The number of carbonyl (C=O) groups is 2. The van der Waals surface area contributed by atoms with Crippen LogP contribution in [0.15, 0.2) is 24.3 Å². The van der Waals surface area contributed by atoms with Crippen LogP contribution in [-0.4, -0.2) is 17.3 Å². The molecule has 1 saturated heterocycles. The molecule has 1 aromatic rings. The third kappa shape index (κ3) is 2.92. The van der Waals surface area contributed by atoms with Crippen LogP contribution in [0.4, 0.5) is 0 Å². The molecule has 0 amide bonds. The van der Waals surface area contributed by atoms with Crippen molar-refractivity contribution in [3.63, 3.8) is 0 Å². The van der Waals surface area contributed by atoms with E-state index in [4.69, 9.17) is 0 Å². The van der Waals surface area contributed by atoms with Gasteiger partial charge < -0.3 is 0 Å². The maximum atomic E-state index is 12.2. The van der Waals surface area contributed by atoms with E-state index in [-0.39, 0.29) is 22.2 Å². The van der Waals surface area contributed by atoms with Crippen molar-refractivity contribution >= 4 is 23.3 Å². The minimum atomic E-state index is -0.405. The first-order valence-corrected chi connectivity index (χ1v) is 7.62. The van der Waals surface area contributed by atoms with Gasteiger partial charge in [0, 0.05) is 5.75 Å². The maximum absolute atomic E-state index is 12.2. The Morgan fingerprint density at radius 2 is 1.79 bits per heavy atom. The fourth-order valence-corrected chi connectivity index (χ4v) is 3.74. The Hall–Kier alpha value is -1.09. The van der Waals surface area contributed by atoms with Gasteiger partial charge in [-0.1, -0.05) is 45.0 Å². The van der Waals surface area contributed by atoms with E-state index >= 15 is 0 Å². The smallest absolute Gasteiger partial charge is 0.161 e. The monoisotopic (exact) mass is 276 g/mol. The first kappa shape index (κ1) is 14.3. The van der Waals surface area contributed by atoms with E-state index in [0.29, 0.717) is 5.75 Å². The minimum Gasteiger partial charge on any atom is -0.299 e. The number of rotatable bonds is 2. The molecule has 19 heavy (non-hydrogen) atoms. The normalized spacial score (nSPS) is 23.7. The van der Waals surface area contributed by atoms with Gasteiger partial charge in [0.15, 0.2) is 5.78 Å². The van der Waals surface area contributed by atoms with Crippen LogP contribution in [0.25, 0.3) is 0 Å². The Kier molecular flexibility index (Phi) is 3.86. The van der Waals surface area contributed by atoms with E-state index in [9.17, 15) is 9.59 Å². The van der Waals surface area contributed by atoms with Crippen LogP contribution in [0.2, 0.25) is 0 Å². The zero-order valence-corrected chi connectivity index (χ0v) is 12.7. The highest BCUT2D eigenvalue weighted by molar-refractivity contribution is 8.00. The molecule has 2 unspecified atom stereocenters. The van der Waals surface area contributed by atoms with E-state index in [1.165, 1.54) is 12.5 Å². The molecule has 102 valence electrons. The van der Waals surface area contributed by atoms with Crippen LogP contribution in [0.1, 0.15) is 44.1 Å². The molecule has 3 heteroatoms. The second kappa shape index (κ2) is 5.12. The summed E-state index contributed by atoms with van der Waals surface area (Å²) in [5.74, 6) is 0.282. The van der Waals surface area contributed by atoms with Crippen molar-refractivity contribution in [1.82, 2.24) is 0 Å². The van der Waals surface area contributed by atoms with Gasteiger partial charge in [0.2, 0.25) is 0 Å². The lowest BCUT2D eigenvalue weighted by Gasteiger charge is -2.19.